The van der Waals surface area contributed by atoms with Crippen LogP contribution in [0.4, 0.5) is 0 Å². The highest BCUT2D eigenvalue weighted by Crippen LogP contribution is 2.34. The van der Waals surface area contributed by atoms with Crippen LogP contribution in [-0.4, -0.2) is 30.1 Å². The Hall–Kier alpha value is -2.53. The Labute approximate surface area is 142 Å². The Bertz CT molecular complexity index is 855. The van der Waals surface area contributed by atoms with Crippen LogP contribution in [0.3, 0.4) is 0 Å². The van der Waals surface area contributed by atoms with Gasteiger partial charge in [-0.05, 0) is 62.2 Å². The number of pyridine rings is 1. The fourth-order valence-corrected chi connectivity index (χ4v) is 2.92. The molecule has 0 atom stereocenters. The van der Waals surface area contributed by atoms with Gasteiger partial charge < -0.3 is 19.6 Å². The van der Waals surface area contributed by atoms with Gasteiger partial charge in [0.25, 0.3) is 0 Å². The first-order valence-electron chi connectivity index (χ1n) is 8.08. The Morgan fingerprint density at radius 2 is 1.88 bits per heavy atom. The van der Waals surface area contributed by atoms with Crippen LogP contribution in [0.25, 0.3) is 16.9 Å². The van der Waals surface area contributed by atoms with Gasteiger partial charge in [0.15, 0.2) is 11.5 Å². The van der Waals surface area contributed by atoms with Gasteiger partial charge in [0.05, 0.1) is 25.6 Å². The second kappa shape index (κ2) is 6.93. The molecule has 3 aromatic rings. The summed E-state index contributed by atoms with van der Waals surface area (Å²) in [5, 5.41) is 0. The zero-order valence-electron chi connectivity index (χ0n) is 14.4. The molecule has 5 heteroatoms. The average molecular weight is 325 g/mol. The van der Waals surface area contributed by atoms with E-state index in [9.17, 15) is 0 Å². The Morgan fingerprint density at radius 1 is 1.08 bits per heavy atom. The first-order valence-corrected chi connectivity index (χ1v) is 8.08. The van der Waals surface area contributed by atoms with Crippen LogP contribution in [0.15, 0.2) is 36.5 Å². The number of fused-ring (bicyclic) bond motifs is 1. The minimum atomic E-state index is 0.657. The van der Waals surface area contributed by atoms with Gasteiger partial charge in [-0.1, -0.05) is 0 Å². The van der Waals surface area contributed by atoms with Crippen LogP contribution in [0.2, 0.25) is 0 Å². The minimum absolute atomic E-state index is 0.657. The Balaban J connectivity index is 2.17. The smallest absolute Gasteiger partial charge is 0.161 e. The summed E-state index contributed by atoms with van der Waals surface area (Å²) >= 11 is 0. The molecule has 126 valence electrons. The van der Waals surface area contributed by atoms with Gasteiger partial charge in [0.2, 0.25) is 0 Å². The van der Waals surface area contributed by atoms with Gasteiger partial charge in [-0.25, -0.2) is 4.98 Å². The number of methoxy groups -OCH3 is 2. The molecule has 2 aromatic heterocycles. The third-order valence-electron chi connectivity index (χ3n) is 4.16. The molecular weight excluding hydrogens is 302 g/mol. The van der Waals surface area contributed by atoms with Crippen molar-refractivity contribution in [2.75, 3.05) is 20.8 Å². The number of aromatic nitrogens is 2. The number of nitrogens with zero attached hydrogens (tertiary/aromatic N) is 2. The number of hydrogen-bond donors (Lipinski definition) is 1. The summed E-state index contributed by atoms with van der Waals surface area (Å²) in [5.41, 5.74) is 11.0. The SMILES string of the molecule is COc1ccc(-c2nc3cc(C)ccn3c2CCCN)cc1OC. The van der Waals surface area contributed by atoms with E-state index < -0.39 is 0 Å². The molecule has 3 rings (SSSR count). The first-order chi connectivity index (χ1) is 11.7. The molecule has 0 aliphatic carbocycles. The molecule has 0 radical (unpaired) electrons. The number of hydrogen-bond acceptors (Lipinski definition) is 4. The highest BCUT2D eigenvalue weighted by molar-refractivity contribution is 5.69. The molecule has 2 N–H and O–H groups in total. The van der Waals surface area contributed by atoms with E-state index in [0.29, 0.717) is 18.0 Å². The number of rotatable bonds is 6. The zero-order valence-corrected chi connectivity index (χ0v) is 14.4. The zero-order chi connectivity index (χ0) is 17.1. The van der Waals surface area contributed by atoms with Crippen molar-refractivity contribution in [2.45, 2.75) is 19.8 Å². The second-order valence-electron chi connectivity index (χ2n) is 5.80. The predicted octanol–water partition coefficient (Wildman–Crippen LogP) is 3.22. The number of benzene rings is 1. The third kappa shape index (κ3) is 2.95. The van der Waals surface area contributed by atoms with Crippen LogP contribution < -0.4 is 15.2 Å². The molecule has 0 spiro atoms. The molecule has 24 heavy (non-hydrogen) atoms. The van der Waals surface area contributed by atoms with Crippen molar-refractivity contribution in [3.05, 3.63) is 47.8 Å². The molecule has 0 amide bonds. The largest absolute Gasteiger partial charge is 0.493 e. The molecular formula is C19H23N3O2. The van der Waals surface area contributed by atoms with Crippen molar-refractivity contribution in [2.24, 2.45) is 5.73 Å². The van der Waals surface area contributed by atoms with Crippen molar-refractivity contribution in [3.63, 3.8) is 0 Å². The van der Waals surface area contributed by atoms with E-state index >= 15 is 0 Å². The molecule has 1 aromatic carbocycles. The van der Waals surface area contributed by atoms with Crippen LogP contribution >= 0.6 is 0 Å². The van der Waals surface area contributed by atoms with E-state index in [2.05, 4.69) is 29.7 Å². The van der Waals surface area contributed by atoms with Crippen LogP contribution in [-0.2, 0) is 6.42 Å². The Morgan fingerprint density at radius 3 is 2.58 bits per heavy atom. The van der Waals surface area contributed by atoms with Gasteiger partial charge in [-0.2, -0.15) is 0 Å². The Kier molecular flexibility index (Phi) is 4.71. The van der Waals surface area contributed by atoms with Crippen LogP contribution in [0.1, 0.15) is 17.7 Å². The number of imidazole rings is 1. The number of nitrogens with two attached hydrogens (primary N) is 1. The molecule has 2 heterocycles. The summed E-state index contributed by atoms with van der Waals surface area (Å²) in [6.45, 7) is 2.73. The monoisotopic (exact) mass is 325 g/mol. The quantitative estimate of drug-likeness (QED) is 0.756. The van der Waals surface area contributed by atoms with E-state index in [1.807, 2.05) is 18.2 Å². The van der Waals surface area contributed by atoms with Crippen molar-refractivity contribution in [1.29, 1.82) is 0 Å². The number of aryl methyl sites for hydroxylation is 2. The molecule has 0 saturated carbocycles. The lowest BCUT2D eigenvalue weighted by Gasteiger charge is -2.10. The maximum absolute atomic E-state index is 5.72. The molecule has 0 saturated heterocycles. The predicted molar refractivity (Wildman–Crippen MR) is 95.8 cm³/mol. The highest BCUT2D eigenvalue weighted by Gasteiger charge is 2.15. The van der Waals surface area contributed by atoms with E-state index in [4.69, 9.17) is 20.2 Å². The maximum atomic E-state index is 5.72. The van der Waals surface area contributed by atoms with Crippen molar-refractivity contribution in [1.82, 2.24) is 9.38 Å². The average Bonchev–Trinajstić information content (AvgIpc) is 2.96. The molecule has 5 nitrogen and oxygen atoms in total. The second-order valence-corrected chi connectivity index (χ2v) is 5.80. The summed E-state index contributed by atoms with van der Waals surface area (Å²) in [6.07, 6.45) is 3.88. The minimum Gasteiger partial charge on any atom is -0.493 e. The molecule has 0 bridgehead atoms. The summed E-state index contributed by atoms with van der Waals surface area (Å²) < 4.78 is 12.9. The molecule has 0 aliphatic rings. The summed E-state index contributed by atoms with van der Waals surface area (Å²) in [7, 11) is 3.28. The normalized spacial score (nSPS) is 11.0. The summed E-state index contributed by atoms with van der Waals surface area (Å²) in [5.74, 6) is 1.41. The van der Waals surface area contributed by atoms with E-state index in [1.165, 1.54) is 11.3 Å². The summed E-state index contributed by atoms with van der Waals surface area (Å²) in [4.78, 5) is 4.85. The van der Waals surface area contributed by atoms with Gasteiger partial charge in [0.1, 0.15) is 5.65 Å². The van der Waals surface area contributed by atoms with Crippen LogP contribution in [0, 0.1) is 6.92 Å². The fourth-order valence-electron chi connectivity index (χ4n) is 2.92. The van der Waals surface area contributed by atoms with Crippen molar-refractivity contribution >= 4 is 5.65 Å². The van der Waals surface area contributed by atoms with Gasteiger partial charge in [-0.15, -0.1) is 0 Å². The van der Waals surface area contributed by atoms with Gasteiger partial charge in [-0.3, -0.25) is 0 Å². The van der Waals surface area contributed by atoms with Crippen molar-refractivity contribution < 1.29 is 9.47 Å². The standard InChI is InChI=1S/C19H23N3O2/c1-13-8-10-22-15(5-4-9-20)19(21-18(22)11-13)14-6-7-16(23-2)17(12-14)24-3/h6-8,10-12H,4-5,9,20H2,1-3H3. The van der Waals surface area contributed by atoms with E-state index in [1.54, 1.807) is 14.2 Å². The lowest BCUT2D eigenvalue weighted by Crippen LogP contribution is -2.03. The lowest BCUT2D eigenvalue weighted by atomic mass is 10.1. The first kappa shape index (κ1) is 16.3. The van der Waals surface area contributed by atoms with Gasteiger partial charge in [0, 0.05) is 11.8 Å². The maximum Gasteiger partial charge on any atom is 0.161 e. The molecule has 0 aliphatic heterocycles. The topological polar surface area (TPSA) is 61.8 Å². The fraction of sp³-hybridized carbons (Fsp3) is 0.316. The van der Waals surface area contributed by atoms with Crippen molar-refractivity contribution in [3.8, 4) is 22.8 Å². The van der Waals surface area contributed by atoms with E-state index in [-0.39, 0.29) is 0 Å². The van der Waals surface area contributed by atoms with E-state index in [0.717, 1.165) is 29.7 Å². The lowest BCUT2D eigenvalue weighted by molar-refractivity contribution is 0.355. The molecule has 0 unspecified atom stereocenters. The number of ether oxygens (including phenoxy) is 2. The highest BCUT2D eigenvalue weighted by atomic mass is 16.5. The van der Waals surface area contributed by atoms with Gasteiger partial charge >= 0.3 is 0 Å². The summed E-state index contributed by atoms with van der Waals surface area (Å²) in [6, 6.07) is 10.1. The molecule has 0 fully saturated rings. The van der Waals surface area contributed by atoms with Crippen LogP contribution in [0.5, 0.6) is 11.5 Å². The third-order valence-corrected chi connectivity index (χ3v) is 4.16.